The predicted molar refractivity (Wildman–Crippen MR) is 102 cm³/mol. The second-order valence-corrected chi connectivity index (χ2v) is 10.2. The Labute approximate surface area is 152 Å². The van der Waals surface area contributed by atoms with Gasteiger partial charge in [-0.2, -0.15) is 0 Å². The van der Waals surface area contributed by atoms with Crippen LogP contribution >= 0.6 is 0 Å². The molecule has 0 aromatic heterocycles. The van der Waals surface area contributed by atoms with E-state index < -0.39 is 0 Å². The van der Waals surface area contributed by atoms with Crippen LogP contribution in [0.15, 0.2) is 12.1 Å². The van der Waals surface area contributed by atoms with Crippen molar-refractivity contribution in [3.63, 3.8) is 0 Å². The molecule has 0 radical (unpaired) electrons. The summed E-state index contributed by atoms with van der Waals surface area (Å²) in [4.78, 5) is 12.9. The highest BCUT2D eigenvalue weighted by Gasteiger charge is 2.62. The molecule has 1 aromatic rings. The van der Waals surface area contributed by atoms with Gasteiger partial charge in [-0.3, -0.25) is 4.79 Å². The number of rotatable bonds is 3. The van der Waals surface area contributed by atoms with Gasteiger partial charge in [-0.1, -0.05) is 73.1 Å². The Morgan fingerprint density at radius 1 is 1.08 bits per heavy atom. The fourth-order valence-corrected chi connectivity index (χ4v) is 3.71. The van der Waals surface area contributed by atoms with E-state index in [9.17, 15) is 9.90 Å². The summed E-state index contributed by atoms with van der Waals surface area (Å²) in [6.45, 7) is 19.0. The normalized spacial score (nSPS) is 22.6. The number of esters is 1. The van der Waals surface area contributed by atoms with Crippen LogP contribution in [0.1, 0.15) is 72.1 Å². The predicted octanol–water partition coefficient (Wildman–Crippen LogP) is 4.76. The number of hydrogen-bond acceptors (Lipinski definition) is 3. The number of benzene rings is 1. The van der Waals surface area contributed by atoms with Crippen molar-refractivity contribution in [2.75, 3.05) is 6.61 Å². The van der Waals surface area contributed by atoms with Gasteiger partial charge in [0.05, 0.1) is 5.92 Å². The monoisotopic (exact) mass is 346 g/mol. The lowest BCUT2D eigenvalue weighted by atomic mass is 9.78. The number of carbonyl (C=O) groups excluding carboxylic acids is 1. The summed E-state index contributed by atoms with van der Waals surface area (Å²) in [5.74, 6) is 0.236. The van der Waals surface area contributed by atoms with Gasteiger partial charge in [0.25, 0.3) is 0 Å². The van der Waals surface area contributed by atoms with E-state index in [0.717, 1.165) is 11.1 Å². The second-order valence-electron chi connectivity index (χ2n) is 10.2. The molecule has 0 aliphatic heterocycles. The van der Waals surface area contributed by atoms with Crippen molar-refractivity contribution in [2.24, 2.45) is 17.3 Å². The maximum atomic E-state index is 12.9. The molecule has 2 rings (SSSR count). The van der Waals surface area contributed by atoms with Crippen LogP contribution in [0.4, 0.5) is 0 Å². The first-order valence-corrected chi connectivity index (χ1v) is 9.19. The molecular weight excluding hydrogens is 312 g/mol. The fraction of sp³-hybridized carbons (Fsp3) is 0.682. The quantitative estimate of drug-likeness (QED) is 0.634. The molecule has 0 saturated heterocycles. The van der Waals surface area contributed by atoms with Crippen molar-refractivity contribution in [1.29, 1.82) is 0 Å². The van der Waals surface area contributed by atoms with Gasteiger partial charge in [0.2, 0.25) is 0 Å². The fourth-order valence-electron chi connectivity index (χ4n) is 3.71. The third-order valence-corrected chi connectivity index (χ3v) is 5.55. The molecule has 1 saturated carbocycles. The molecule has 1 aliphatic rings. The zero-order valence-corrected chi connectivity index (χ0v) is 17.3. The Hall–Kier alpha value is -1.35. The van der Waals surface area contributed by atoms with Crippen molar-refractivity contribution in [3.8, 4) is 5.75 Å². The summed E-state index contributed by atoms with van der Waals surface area (Å²) in [6, 6.07) is 4.25. The molecule has 140 valence electrons. The molecule has 3 heteroatoms. The molecule has 1 aliphatic carbocycles. The summed E-state index contributed by atoms with van der Waals surface area (Å²) >= 11 is 0. The van der Waals surface area contributed by atoms with Gasteiger partial charge in [0.15, 0.2) is 0 Å². The van der Waals surface area contributed by atoms with Gasteiger partial charge in [-0.25, -0.2) is 0 Å². The molecule has 2 unspecified atom stereocenters. The van der Waals surface area contributed by atoms with Crippen LogP contribution in [0.3, 0.4) is 0 Å². The molecule has 25 heavy (non-hydrogen) atoms. The first-order chi connectivity index (χ1) is 11.2. The Morgan fingerprint density at radius 2 is 1.52 bits per heavy atom. The maximum Gasteiger partial charge on any atom is 0.315 e. The minimum absolute atomic E-state index is 0.0124. The molecular formula is C22H34O3. The van der Waals surface area contributed by atoms with Crippen molar-refractivity contribution in [2.45, 2.75) is 73.1 Å². The maximum absolute atomic E-state index is 12.9. The molecule has 2 atom stereocenters. The summed E-state index contributed by atoms with van der Waals surface area (Å²) < 4.78 is 6.03. The van der Waals surface area contributed by atoms with Crippen molar-refractivity contribution >= 4 is 5.97 Å². The van der Waals surface area contributed by atoms with Crippen molar-refractivity contribution in [1.82, 2.24) is 0 Å². The van der Waals surface area contributed by atoms with Gasteiger partial charge in [0.1, 0.15) is 5.75 Å². The van der Waals surface area contributed by atoms with E-state index in [1.807, 2.05) is 13.8 Å². The molecule has 1 fully saturated rings. The molecule has 3 nitrogen and oxygen atoms in total. The third kappa shape index (κ3) is 3.76. The van der Waals surface area contributed by atoms with Crippen LogP contribution in [0, 0.1) is 24.2 Å². The largest absolute Gasteiger partial charge is 0.426 e. The number of ether oxygens (including phenoxy) is 1. The SMILES string of the molecule is Cc1cc(C(C)(C)C)c(OC(=O)C2C(CO)C2(C)C)c(C(C)(C)C)c1. The number of carbonyl (C=O) groups is 1. The molecule has 0 heterocycles. The highest BCUT2D eigenvalue weighted by molar-refractivity contribution is 5.81. The molecule has 0 bridgehead atoms. The van der Waals surface area contributed by atoms with E-state index in [4.69, 9.17) is 4.74 Å². The number of hydrogen-bond donors (Lipinski definition) is 1. The molecule has 1 N–H and O–H groups in total. The summed E-state index contributed by atoms with van der Waals surface area (Å²) in [5.41, 5.74) is 2.85. The van der Waals surface area contributed by atoms with E-state index >= 15 is 0 Å². The van der Waals surface area contributed by atoms with Gasteiger partial charge in [-0.15, -0.1) is 0 Å². The Bertz CT molecular complexity index is 636. The summed E-state index contributed by atoms with van der Waals surface area (Å²) in [7, 11) is 0. The molecule has 1 aromatic carbocycles. The van der Waals surface area contributed by atoms with E-state index in [-0.39, 0.29) is 40.7 Å². The van der Waals surface area contributed by atoms with Crippen LogP contribution in [0.2, 0.25) is 0 Å². The van der Waals surface area contributed by atoms with E-state index in [1.165, 1.54) is 5.56 Å². The van der Waals surface area contributed by atoms with E-state index in [0.29, 0.717) is 5.75 Å². The van der Waals surface area contributed by atoms with Crippen LogP contribution in [-0.2, 0) is 15.6 Å². The van der Waals surface area contributed by atoms with E-state index in [1.54, 1.807) is 0 Å². The van der Waals surface area contributed by atoms with Gasteiger partial charge in [0, 0.05) is 23.7 Å². The highest BCUT2D eigenvalue weighted by atomic mass is 16.5. The van der Waals surface area contributed by atoms with Crippen molar-refractivity contribution < 1.29 is 14.6 Å². The minimum Gasteiger partial charge on any atom is -0.426 e. The Morgan fingerprint density at radius 3 is 1.84 bits per heavy atom. The number of aliphatic hydroxyl groups is 1. The average Bonchev–Trinajstić information content (AvgIpc) is 2.99. The standard InChI is InChI=1S/C22H34O3/c1-13-10-14(20(2,3)4)18(15(11-13)21(5,6)7)25-19(24)17-16(12-23)22(17,8)9/h10-11,16-17,23H,12H2,1-9H3. The zero-order chi connectivity index (χ0) is 19.4. The summed E-state index contributed by atoms with van der Waals surface area (Å²) in [6.07, 6.45) is 0. The zero-order valence-electron chi connectivity index (χ0n) is 17.3. The number of aryl methyl sites for hydroxylation is 1. The average molecular weight is 347 g/mol. The van der Waals surface area contributed by atoms with Gasteiger partial charge < -0.3 is 9.84 Å². The lowest BCUT2D eigenvalue weighted by molar-refractivity contribution is -0.137. The van der Waals surface area contributed by atoms with Gasteiger partial charge >= 0.3 is 5.97 Å². The topological polar surface area (TPSA) is 46.5 Å². The highest BCUT2D eigenvalue weighted by Crippen LogP contribution is 2.58. The Balaban J connectivity index is 2.51. The number of aliphatic hydroxyl groups excluding tert-OH is 1. The van der Waals surface area contributed by atoms with Crippen LogP contribution in [0.5, 0.6) is 5.75 Å². The molecule has 0 amide bonds. The van der Waals surface area contributed by atoms with Crippen LogP contribution < -0.4 is 4.74 Å². The van der Waals surface area contributed by atoms with Crippen molar-refractivity contribution in [3.05, 3.63) is 28.8 Å². The lowest BCUT2D eigenvalue weighted by Crippen LogP contribution is -2.23. The first-order valence-electron chi connectivity index (χ1n) is 9.19. The third-order valence-electron chi connectivity index (χ3n) is 5.55. The summed E-state index contributed by atoms with van der Waals surface area (Å²) in [5, 5.41) is 9.52. The lowest BCUT2D eigenvalue weighted by Gasteiger charge is -2.30. The smallest absolute Gasteiger partial charge is 0.315 e. The minimum atomic E-state index is -0.237. The van der Waals surface area contributed by atoms with E-state index in [2.05, 4.69) is 60.6 Å². The van der Waals surface area contributed by atoms with Crippen LogP contribution in [-0.4, -0.2) is 17.7 Å². The van der Waals surface area contributed by atoms with Crippen LogP contribution in [0.25, 0.3) is 0 Å². The Kier molecular flexibility index (Phi) is 4.89. The van der Waals surface area contributed by atoms with Gasteiger partial charge in [-0.05, 0) is 23.2 Å². The second kappa shape index (κ2) is 6.12. The first kappa shape index (κ1) is 20.0. The molecule has 0 spiro atoms.